The summed E-state index contributed by atoms with van der Waals surface area (Å²) >= 11 is 1.29. The van der Waals surface area contributed by atoms with Gasteiger partial charge < -0.3 is 4.57 Å². The summed E-state index contributed by atoms with van der Waals surface area (Å²) in [6.45, 7) is 0. The number of fused-ring (bicyclic) bond motifs is 3. The van der Waals surface area contributed by atoms with Crippen molar-refractivity contribution in [3.8, 4) is 11.1 Å². The number of halogens is 3. The summed E-state index contributed by atoms with van der Waals surface area (Å²) < 4.78 is 39.8. The summed E-state index contributed by atoms with van der Waals surface area (Å²) in [5.41, 5.74) is 4.40. The van der Waals surface area contributed by atoms with E-state index in [0.29, 0.717) is 0 Å². The lowest BCUT2D eigenvalue weighted by atomic mass is 10.1. The van der Waals surface area contributed by atoms with Gasteiger partial charge in [-0.05, 0) is 22.3 Å². The number of thioether (sulfide) groups is 1. The fraction of sp³-hybridized carbons (Fsp3) is 0.176. The number of nitrogens with zero attached hydrogens (tertiary/aromatic N) is 3. The van der Waals surface area contributed by atoms with Crippen molar-refractivity contribution in [2.45, 2.75) is 16.6 Å². The molecule has 0 radical (unpaired) electrons. The van der Waals surface area contributed by atoms with E-state index in [1.54, 1.807) is 0 Å². The van der Waals surface area contributed by atoms with Crippen molar-refractivity contribution >= 4 is 11.8 Å². The molecule has 0 saturated heterocycles. The molecule has 0 bridgehead atoms. The molecule has 0 spiro atoms. The van der Waals surface area contributed by atoms with Gasteiger partial charge in [0.25, 0.3) is 0 Å². The van der Waals surface area contributed by atoms with Crippen LogP contribution >= 0.6 is 11.8 Å². The Morgan fingerprint density at radius 1 is 0.917 bits per heavy atom. The zero-order chi connectivity index (χ0) is 16.9. The second-order valence-electron chi connectivity index (χ2n) is 5.54. The first kappa shape index (κ1) is 15.3. The van der Waals surface area contributed by atoms with Crippen molar-refractivity contribution in [2.75, 3.05) is 0 Å². The topological polar surface area (TPSA) is 30.7 Å². The molecule has 1 aliphatic carbocycles. The predicted octanol–water partition coefficient (Wildman–Crippen LogP) is 4.70. The monoisotopic (exact) mass is 347 g/mol. The van der Waals surface area contributed by atoms with E-state index >= 15 is 0 Å². The molecule has 1 heterocycles. The van der Waals surface area contributed by atoms with Gasteiger partial charge in [-0.1, -0.05) is 60.3 Å². The highest BCUT2D eigenvalue weighted by molar-refractivity contribution is 7.99. The summed E-state index contributed by atoms with van der Waals surface area (Å²) in [6.07, 6.45) is -4.51. The van der Waals surface area contributed by atoms with Gasteiger partial charge in [-0.25, -0.2) is 0 Å². The normalized spacial score (nSPS) is 13.8. The maximum atomic E-state index is 12.9. The second-order valence-corrected chi connectivity index (χ2v) is 6.61. The summed E-state index contributed by atoms with van der Waals surface area (Å²) in [4.78, 5) is 0. The van der Waals surface area contributed by atoms with Crippen LogP contribution in [0.1, 0.15) is 22.2 Å². The molecule has 0 unspecified atom stereocenters. The van der Waals surface area contributed by atoms with Crippen molar-refractivity contribution in [1.29, 1.82) is 0 Å². The van der Waals surface area contributed by atoms with Gasteiger partial charge in [-0.3, -0.25) is 0 Å². The van der Waals surface area contributed by atoms with Gasteiger partial charge in [0.05, 0.1) is 5.25 Å². The van der Waals surface area contributed by atoms with Crippen LogP contribution in [0.5, 0.6) is 0 Å². The molecule has 0 amide bonds. The van der Waals surface area contributed by atoms with Crippen LogP contribution in [-0.4, -0.2) is 14.8 Å². The molecule has 0 fully saturated rings. The summed E-state index contributed by atoms with van der Waals surface area (Å²) in [7, 11) is 1.35. The summed E-state index contributed by atoms with van der Waals surface area (Å²) in [5.74, 6) is -0.982. The highest BCUT2D eigenvalue weighted by Gasteiger charge is 2.38. The molecule has 1 aromatic heterocycles. The van der Waals surface area contributed by atoms with Crippen molar-refractivity contribution in [3.63, 3.8) is 0 Å². The first-order chi connectivity index (χ1) is 11.5. The molecule has 4 rings (SSSR count). The van der Waals surface area contributed by atoms with Crippen molar-refractivity contribution in [1.82, 2.24) is 14.8 Å². The number of rotatable bonds is 2. The lowest BCUT2D eigenvalue weighted by Gasteiger charge is -2.13. The van der Waals surface area contributed by atoms with Crippen LogP contribution in [0.15, 0.2) is 53.7 Å². The van der Waals surface area contributed by atoms with Crippen molar-refractivity contribution in [3.05, 3.63) is 65.5 Å². The SMILES string of the molecule is Cn1c(SC2c3ccccc3-c3ccccc32)nnc1C(F)(F)F. The third-order valence-corrected chi connectivity index (χ3v) is 5.40. The Kier molecular flexibility index (Phi) is 3.42. The van der Waals surface area contributed by atoms with Crippen LogP contribution in [0.25, 0.3) is 11.1 Å². The Morgan fingerprint density at radius 3 is 1.96 bits per heavy atom. The zero-order valence-electron chi connectivity index (χ0n) is 12.6. The Labute approximate surface area is 140 Å². The second kappa shape index (κ2) is 5.37. The van der Waals surface area contributed by atoms with E-state index < -0.39 is 12.0 Å². The van der Waals surface area contributed by atoms with Gasteiger partial charge in [0.2, 0.25) is 5.82 Å². The zero-order valence-corrected chi connectivity index (χ0v) is 13.4. The van der Waals surface area contributed by atoms with E-state index in [4.69, 9.17) is 0 Å². The van der Waals surface area contributed by atoms with Crippen LogP contribution in [-0.2, 0) is 13.2 Å². The first-order valence-corrected chi connectivity index (χ1v) is 8.16. The molecule has 1 aliphatic rings. The maximum Gasteiger partial charge on any atom is 0.451 e. The van der Waals surface area contributed by atoms with Crippen LogP contribution < -0.4 is 0 Å². The van der Waals surface area contributed by atoms with Gasteiger partial charge in [0, 0.05) is 7.05 Å². The minimum Gasteiger partial charge on any atom is -0.302 e. The van der Waals surface area contributed by atoms with Crippen LogP contribution in [0.2, 0.25) is 0 Å². The minimum atomic E-state index is -4.51. The standard InChI is InChI=1S/C17H12F3N3S/c1-23-15(17(18,19)20)21-22-16(23)24-14-12-8-4-2-6-10(12)11-7-3-5-9-13(11)14/h2-9,14H,1H3. The molecular formula is C17H12F3N3S. The van der Waals surface area contributed by atoms with Gasteiger partial charge in [0.1, 0.15) is 0 Å². The highest BCUT2D eigenvalue weighted by Crippen LogP contribution is 2.51. The quantitative estimate of drug-likeness (QED) is 0.673. The Balaban J connectivity index is 1.77. The van der Waals surface area contributed by atoms with Crippen molar-refractivity contribution < 1.29 is 13.2 Å². The van der Waals surface area contributed by atoms with Crippen LogP contribution in [0.3, 0.4) is 0 Å². The number of aromatic nitrogens is 3. The fourth-order valence-electron chi connectivity index (χ4n) is 3.01. The number of alkyl halides is 3. The Hall–Kier alpha value is -2.28. The molecule has 2 aromatic carbocycles. The lowest BCUT2D eigenvalue weighted by Crippen LogP contribution is -2.13. The van der Waals surface area contributed by atoms with Gasteiger partial charge in [0.15, 0.2) is 5.16 Å². The molecule has 24 heavy (non-hydrogen) atoms. The van der Waals surface area contributed by atoms with Gasteiger partial charge in [-0.15, -0.1) is 10.2 Å². The van der Waals surface area contributed by atoms with Crippen molar-refractivity contribution in [2.24, 2.45) is 7.05 Å². The average molecular weight is 347 g/mol. The van der Waals surface area contributed by atoms with E-state index in [2.05, 4.69) is 10.2 Å². The van der Waals surface area contributed by atoms with E-state index in [9.17, 15) is 13.2 Å². The molecule has 3 aromatic rings. The van der Waals surface area contributed by atoms with E-state index in [0.717, 1.165) is 26.8 Å². The molecule has 0 atom stereocenters. The van der Waals surface area contributed by atoms with Gasteiger partial charge in [-0.2, -0.15) is 13.2 Å². The largest absolute Gasteiger partial charge is 0.451 e. The third-order valence-electron chi connectivity index (χ3n) is 4.09. The molecule has 0 aliphatic heterocycles. The summed E-state index contributed by atoms with van der Waals surface area (Å²) in [5, 5.41) is 7.21. The smallest absolute Gasteiger partial charge is 0.302 e. The molecule has 7 heteroatoms. The molecule has 122 valence electrons. The average Bonchev–Trinajstić information content (AvgIpc) is 3.08. The molecule has 3 nitrogen and oxygen atoms in total. The summed E-state index contributed by atoms with van der Waals surface area (Å²) in [6, 6.07) is 15.9. The number of hydrogen-bond acceptors (Lipinski definition) is 3. The Morgan fingerprint density at radius 2 is 1.46 bits per heavy atom. The highest BCUT2D eigenvalue weighted by atomic mass is 32.2. The minimum absolute atomic E-state index is 0.0959. The third kappa shape index (κ3) is 2.31. The molecular weight excluding hydrogens is 335 g/mol. The van der Waals surface area contributed by atoms with Crippen LogP contribution in [0, 0.1) is 0 Å². The first-order valence-electron chi connectivity index (χ1n) is 7.28. The van der Waals surface area contributed by atoms with Gasteiger partial charge >= 0.3 is 6.18 Å². The van der Waals surface area contributed by atoms with E-state index in [-0.39, 0.29) is 10.4 Å². The Bertz CT molecular complexity index is 872. The lowest BCUT2D eigenvalue weighted by molar-refractivity contribution is -0.147. The fourth-order valence-corrected chi connectivity index (χ4v) is 4.21. The maximum absolute atomic E-state index is 12.9. The van der Waals surface area contributed by atoms with E-state index in [1.807, 2.05) is 48.5 Å². The predicted molar refractivity (Wildman–Crippen MR) is 85.6 cm³/mol. The van der Waals surface area contributed by atoms with E-state index in [1.165, 1.54) is 18.8 Å². The van der Waals surface area contributed by atoms with Crippen LogP contribution in [0.4, 0.5) is 13.2 Å². The molecule has 0 N–H and O–H groups in total. The molecule has 0 saturated carbocycles. The number of hydrogen-bond donors (Lipinski definition) is 0. The number of benzene rings is 2.